The second-order valence-corrected chi connectivity index (χ2v) is 9.84. The fourth-order valence-corrected chi connectivity index (χ4v) is 5.29. The molecule has 10 heteroatoms. The lowest BCUT2D eigenvalue weighted by Gasteiger charge is -2.32. The highest BCUT2D eigenvalue weighted by Gasteiger charge is 2.29. The van der Waals surface area contributed by atoms with Gasteiger partial charge >= 0.3 is 0 Å². The molecule has 0 bridgehead atoms. The third-order valence-electron chi connectivity index (χ3n) is 5.57. The number of aromatic nitrogens is 1. The molecule has 0 aliphatic carbocycles. The maximum Gasteiger partial charge on any atom is 0.288 e. The molecule has 2 saturated heterocycles. The third-order valence-corrected chi connectivity index (χ3v) is 7.37. The average molecular weight is 474 g/mol. The summed E-state index contributed by atoms with van der Waals surface area (Å²) < 4.78 is 0. The average Bonchev–Trinajstić information content (AvgIpc) is 3.37. The summed E-state index contributed by atoms with van der Waals surface area (Å²) in [4.78, 5) is 46.1. The molecule has 0 radical (unpaired) electrons. The van der Waals surface area contributed by atoms with Crippen LogP contribution in [0.25, 0.3) is 10.6 Å². The minimum absolute atomic E-state index is 0.169. The van der Waals surface area contributed by atoms with E-state index in [1.165, 1.54) is 21.8 Å². The van der Waals surface area contributed by atoms with Crippen LogP contribution in [-0.2, 0) is 22.6 Å². The first-order chi connectivity index (χ1) is 15.5. The van der Waals surface area contributed by atoms with Crippen molar-refractivity contribution in [3.63, 3.8) is 0 Å². The van der Waals surface area contributed by atoms with Gasteiger partial charge in [0.05, 0.1) is 17.9 Å². The minimum Gasteiger partial charge on any atom is -0.354 e. The highest BCUT2D eigenvalue weighted by molar-refractivity contribution is 8.14. The molecule has 8 nitrogen and oxygen atoms in total. The number of rotatable bonds is 8. The summed E-state index contributed by atoms with van der Waals surface area (Å²) in [5.74, 6) is -0.184. The molecule has 3 amide bonds. The van der Waals surface area contributed by atoms with Crippen LogP contribution in [0.1, 0.15) is 11.3 Å². The Kier molecular flexibility index (Phi) is 7.56. The molecule has 0 atom stereocenters. The van der Waals surface area contributed by atoms with Gasteiger partial charge in [-0.2, -0.15) is 0 Å². The fraction of sp³-hybridized carbons (Fsp3) is 0.455. The first kappa shape index (κ1) is 22.9. The van der Waals surface area contributed by atoms with Crippen LogP contribution >= 0.6 is 23.1 Å². The first-order valence-electron chi connectivity index (χ1n) is 10.7. The number of nitrogens with zero attached hydrogens (tertiary/aromatic N) is 4. The quantitative estimate of drug-likeness (QED) is 0.627. The van der Waals surface area contributed by atoms with Crippen LogP contribution in [0.15, 0.2) is 29.6 Å². The molecular weight excluding hydrogens is 446 g/mol. The van der Waals surface area contributed by atoms with Gasteiger partial charge in [0.15, 0.2) is 0 Å². The Balaban J connectivity index is 1.28. The van der Waals surface area contributed by atoms with Crippen LogP contribution in [0, 0.1) is 0 Å². The zero-order valence-corrected chi connectivity index (χ0v) is 19.7. The lowest BCUT2D eigenvalue weighted by atomic mass is 10.1. The van der Waals surface area contributed by atoms with Gasteiger partial charge in [0.25, 0.3) is 5.24 Å². The molecule has 1 N–H and O–H groups in total. The van der Waals surface area contributed by atoms with E-state index in [2.05, 4.69) is 51.4 Å². The lowest BCUT2D eigenvalue weighted by Crippen LogP contribution is -2.43. The Morgan fingerprint density at radius 1 is 1.19 bits per heavy atom. The molecule has 0 spiro atoms. The van der Waals surface area contributed by atoms with E-state index in [9.17, 15) is 14.4 Å². The predicted molar refractivity (Wildman–Crippen MR) is 127 cm³/mol. The van der Waals surface area contributed by atoms with Gasteiger partial charge < -0.3 is 10.2 Å². The summed E-state index contributed by atoms with van der Waals surface area (Å²) >= 11 is 2.53. The second-order valence-electron chi connectivity index (χ2n) is 8.05. The van der Waals surface area contributed by atoms with E-state index in [1.807, 2.05) is 5.38 Å². The zero-order valence-electron chi connectivity index (χ0n) is 18.1. The van der Waals surface area contributed by atoms with E-state index in [0.29, 0.717) is 0 Å². The Hall–Kier alpha value is -2.27. The first-order valence-corrected chi connectivity index (χ1v) is 12.5. The number of thiazole rings is 1. The number of carbonyl (C=O) groups is 3. The summed E-state index contributed by atoms with van der Waals surface area (Å²) in [6.45, 7) is 5.75. The monoisotopic (exact) mass is 473 g/mol. The number of thioether (sulfide) groups is 1. The summed E-state index contributed by atoms with van der Waals surface area (Å²) in [6, 6.07) is 8.45. The maximum absolute atomic E-state index is 12.2. The highest BCUT2D eigenvalue weighted by atomic mass is 32.2. The SMILES string of the molecule is CN1CCN(Cc2cccc(-c3nc(CC(=O)NCCN4C(=O)CSC4=O)cs3)c2)CC1. The normalized spacial score (nSPS) is 17.8. The van der Waals surface area contributed by atoms with Crippen LogP contribution in [0.3, 0.4) is 0 Å². The zero-order chi connectivity index (χ0) is 22.5. The molecule has 3 heterocycles. The molecule has 4 rings (SSSR count). The van der Waals surface area contributed by atoms with E-state index in [0.717, 1.165) is 60.8 Å². The van der Waals surface area contributed by atoms with E-state index in [4.69, 9.17) is 0 Å². The number of imide groups is 1. The predicted octanol–water partition coefficient (Wildman–Crippen LogP) is 1.91. The van der Waals surface area contributed by atoms with Crippen molar-refractivity contribution in [3.8, 4) is 10.6 Å². The van der Waals surface area contributed by atoms with E-state index in [1.54, 1.807) is 0 Å². The highest BCUT2D eigenvalue weighted by Crippen LogP contribution is 2.25. The number of piperazine rings is 1. The summed E-state index contributed by atoms with van der Waals surface area (Å²) in [5.41, 5.74) is 3.05. The van der Waals surface area contributed by atoms with Crippen molar-refractivity contribution in [1.29, 1.82) is 0 Å². The maximum atomic E-state index is 12.2. The van der Waals surface area contributed by atoms with Crippen LogP contribution in [-0.4, -0.2) is 88.8 Å². The largest absolute Gasteiger partial charge is 0.354 e. The molecule has 2 aliphatic rings. The third kappa shape index (κ3) is 5.94. The van der Waals surface area contributed by atoms with Gasteiger partial charge in [-0.15, -0.1) is 11.3 Å². The van der Waals surface area contributed by atoms with Gasteiger partial charge in [0.2, 0.25) is 11.8 Å². The van der Waals surface area contributed by atoms with E-state index in [-0.39, 0.29) is 42.3 Å². The van der Waals surface area contributed by atoms with Gasteiger partial charge in [-0.3, -0.25) is 24.2 Å². The molecule has 0 saturated carbocycles. The summed E-state index contributed by atoms with van der Waals surface area (Å²) in [6.07, 6.45) is 0.175. The molecule has 170 valence electrons. The molecule has 2 aliphatic heterocycles. The number of benzene rings is 1. The second kappa shape index (κ2) is 10.6. The van der Waals surface area contributed by atoms with Gasteiger partial charge in [-0.05, 0) is 18.7 Å². The molecule has 0 unspecified atom stereocenters. The van der Waals surface area contributed by atoms with Crippen molar-refractivity contribution in [2.24, 2.45) is 0 Å². The molecule has 1 aromatic heterocycles. The van der Waals surface area contributed by atoms with Crippen LogP contribution in [0.5, 0.6) is 0 Å². The van der Waals surface area contributed by atoms with Crippen molar-refractivity contribution < 1.29 is 14.4 Å². The fourth-order valence-electron chi connectivity index (χ4n) is 3.72. The summed E-state index contributed by atoms with van der Waals surface area (Å²) in [7, 11) is 2.16. The Bertz CT molecular complexity index is 971. The van der Waals surface area contributed by atoms with Gasteiger partial charge in [-0.25, -0.2) is 4.98 Å². The molecule has 1 aromatic carbocycles. The van der Waals surface area contributed by atoms with E-state index >= 15 is 0 Å². The number of nitrogens with one attached hydrogen (secondary N) is 1. The van der Waals surface area contributed by atoms with E-state index < -0.39 is 0 Å². The molecule has 2 aromatic rings. The van der Waals surface area contributed by atoms with Crippen LogP contribution in [0.4, 0.5) is 4.79 Å². The van der Waals surface area contributed by atoms with Gasteiger partial charge in [0.1, 0.15) is 5.01 Å². The minimum atomic E-state index is -0.247. The Morgan fingerprint density at radius 2 is 2.00 bits per heavy atom. The lowest BCUT2D eigenvalue weighted by molar-refractivity contribution is -0.125. The topological polar surface area (TPSA) is 85.8 Å². The van der Waals surface area contributed by atoms with Gasteiger partial charge in [-0.1, -0.05) is 30.0 Å². The van der Waals surface area contributed by atoms with Crippen molar-refractivity contribution in [1.82, 2.24) is 25.0 Å². The van der Waals surface area contributed by atoms with Crippen molar-refractivity contribution in [2.75, 3.05) is 52.1 Å². The standard InChI is InChI=1S/C22H27N5O3S2/c1-25-7-9-26(10-8-25)13-16-3-2-4-17(11-16)21-24-18(14-31-21)12-19(28)23-5-6-27-20(29)15-32-22(27)30/h2-4,11,14H,5-10,12-13,15H2,1H3,(H,23,28). The number of carbonyl (C=O) groups excluding carboxylic acids is 3. The number of hydrogen-bond donors (Lipinski definition) is 1. The smallest absolute Gasteiger partial charge is 0.288 e. The number of hydrogen-bond acceptors (Lipinski definition) is 8. The van der Waals surface area contributed by atoms with Gasteiger partial charge in [0, 0.05) is 56.8 Å². The Labute approximate surface area is 196 Å². The molecular formula is C22H27N5O3S2. The van der Waals surface area contributed by atoms with Crippen molar-refractivity contribution in [2.45, 2.75) is 13.0 Å². The number of amides is 3. The van der Waals surface area contributed by atoms with Crippen LogP contribution < -0.4 is 5.32 Å². The summed E-state index contributed by atoms with van der Waals surface area (Å²) in [5, 5.41) is 5.33. The molecule has 32 heavy (non-hydrogen) atoms. The molecule has 2 fully saturated rings. The Morgan fingerprint density at radius 3 is 2.75 bits per heavy atom. The van der Waals surface area contributed by atoms with Crippen molar-refractivity contribution >= 4 is 40.2 Å². The number of likely N-dealkylation sites (N-methyl/N-ethyl adjacent to an activating group) is 1. The van der Waals surface area contributed by atoms with Crippen molar-refractivity contribution in [3.05, 3.63) is 40.9 Å². The van der Waals surface area contributed by atoms with Crippen LogP contribution in [0.2, 0.25) is 0 Å².